The lowest BCUT2D eigenvalue weighted by atomic mass is 9.77. The molecule has 0 amide bonds. The Balaban J connectivity index is 1.55. The third-order valence-corrected chi connectivity index (χ3v) is 6.02. The molecule has 0 radical (unpaired) electrons. The molecule has 2 aromatic rings. The fourth-order valence-electron chi connectivity index (χ4n) is 4.83. The quantitative estimate of drug-likeness (QED) is 0.676. The van der Waals surface area contributed by atoms with Gasteiger partial charge in [0, 0.05) is 37.2 Å². The zero-order valence-electron chi connectivity index (χ0n) is 14.5. The predicted molar refractivity (Wildman–Crippen MR) is 99.4 cm³/mol. The molecule has 2 fully saturated rings. The zero-order valence-corrected chi connectivity index (χ0v) is 14.5. The van der Waals surface area contributed by atoms with Crippen LogP contribution in [0.5, 0.6) is 0 Å². The maximum Gasteiger partial charge on any atom is 0.0845 e. The standard InChI is InChI=1S/C21H26N2O2/c1-22-15-9-5-6-13(10-15)12-23-19-17-11-16(20(24)21(17)25)18(19)14-7-3-2-4-8-14/h2-10,16-25H,11-12H2,1H3/t16-,17+,18+,19+,20-,21+/m1/s1. The van der Waals surface area contributed by atoms with E-state index in [2.05, 4.69) is 53.1 Å². The molecule has 4 rings (SSSR count). The van der Waals surface area contributed by atoms with Crippen molar-refractivity contribution in [3.05, 3.63) is 65.7 Å². The maximum absolute atomic E-state index is 10.4. The number of benzene rings is 2. The van der Waals surface area contributed by atoms with E-state index in [1.54, 1.807) is 0 Å². The molecule has 0 aromatic heterocycles. The van der Waals surface area contributed by atoms with Gasteiger partial charge in [-0.2, -0.15) is 0 Å². The van der Waals surface area contributed by atoms with Gasteiger partial charge >= 0.3 is 0 Å². The number of hydrogen-bond acceptors (Lipinski definition) is 4. The highest BCUT2D eigenvalue weighted by atomic mass is 16.3. The lowest BCUT2D eigenvalue weighted by Gasteiger charge is -2.37. The molecule has 2 aliphatic rings. The Morgan fingerprint density at radius 1 is 0.960 bits per heavy atom. The van der Waals surface area contributed by atoms with E-state index in [9.17, 15) is 10.2 Å². The van der Waals surface area contributed by atoms with Crippen molar-refractivity contribution in [1.82, 2.24) is 5.32 Å². The smallest absolute Gasteiger partial charge is 0.0845 e. The summed E-state index contributed by atoms with van der Waals surface area (Å²) in [5, 5.41) is 27.7. The lowest BCUT2D eigenvalue weighted by molar-refractivity contribution is -0.0338. The summed E-state index contributed by atoms with van der Waals surface area (Å²) in [6.07, 6.45) is -0.345. The van der Waals surface area contributed by atoms with Gasteiger partial charge in [-0.25, -0.2) is 0 Å². The van der Waals surface area contributed by atoms with Gasteiger partial charge < -0.3 is 20.8 Å². The minimum Gasteiger partial charge on any atom is -0.390 e. The fraction of sp³-hybridized carbons (Fsp3) is 0.429. The monoisotopic (exact) mass is 338 g/mol. The first-order valence-corrected chi connectivity index (χ1v) is 9.10. The van der Waals surface area contributed by atoms with Gasteiger partial charge in [-0.05, 0) is 35.6 Å². The van der Waals surface area contributed by atoms with Crippen LogP contribution in [0, 0.1) is 11.8 Å². The fourth-order valence-corrected chi connectivity index (χ4v) is 4.83. The van der Waals surface area contributed by atoms with E-state index in [1.807, 2.05) is 19.2 Å². The summed E-state index contributed by atoms with van der Waals surface area (Å²) >= 11 is 0. The number of rotatable bonds is 5. The Morgan fingerprint density at radius 2 is 1.72 bits per heavy atom. The normalized spacial score (nSPS) is 33.6. The SMILES string of the molecule is CNc1cccc(CN[C@H]2[C@@H]3C[C@@H]([C@@H](O)[C@H]3O)[C@@H]2c2ccccc2)c1. The maximum atomic E-state index is 10.4. The van der Waals surface area contributed by atoms with E-state index in [1.165, 1.54) is 11.1 Å². The number of fused-ring (bicyclic) bond motifs is 2. The number of aliphatic hydroxyl groups excluding tert-OH is 2. The molecule has 0 saturated heterocycles. The van der Waals surface area contributed by atoms with E-state index in [0.29, 0.717) is 0 Å². The highest BCUT2D eigenvalue weighted by Crippen LogP contribution is 2.53. The first-order valence-electron chi connectivity index (χ1n) is 9.10. The number of anilines is 1. The molecule has 4 N–H and O–H groups in total. The number of aliphatic hydroxyl groups is 2. The van der Waals surface area contributed by atoms with Crippen LogP contribution in [0.3, 0.4) is 0 Å². The van der Waals surface area contributed by atoms with Gasteiger partial charge in [-0.1, -0.05) is 42.5 Å². The van der Waals surface area contributed by atoms with Gasteiger partial charge in [0.15, 0.2) is 0 Å². The van der Waals surface area contributed by atoms with E-state index in [4.69, 9.17) is 0 Å². The zero-order chi connectivity index (χ0) is 17.4. The average molecular weight is 338 g/mol. The van der Waals surface area contributed by atoms with Crippen molar-refractivity contribution in [3.8, 4) is 0 Å². The topological polar surface area (TPSA) is 64.5 Å². The van der Waals surface area contributed by atoms with Crippen LogP contribution < -0.4 is 10.6 Å². The van der Waals surface area contributed by atoms with E-state index in [0.717, 1.165) is 18.7 Å². The van der Waals surface area contributed by atoms with E-state index in [-0.39, 0.29) is 23.8 Å². The highest BCUT2D eigenvalue weighted by molar-refractivity contribution is 5.45. The van der Waals surface area contributed by atoms with Crippen molar-refractivity contribution in [1.29, 1.82) is 0 Å². The lowest BCUT2D eigenvalue weighted by Crippen LogP contribution is -2.49. The summed E-state index contributed by atoms with van der Waals surface area (Å²) in [4.78, 5) is 0. The molecular formula is C21H26N2O2. The van der Waals surface area contributed by atoms with E-state index >= 15 is 0 Å². The molecule has 4 heteroatoms. The summed E-state index contributed by atoms with van der Waals surface area (Å²) in [6.45, 7) is 0.759. The van der Waals surface area contributed by atoms with Crippen LogP contribution in [0.4, 0.5) is 5.69 Å². The first-order chi connectivity index (χ1) is 12.2. The van der Waals surface area contributed by atoms with Crippen molar-refractivity contribution >= 4 is 5.69 Å². The summed E-state index contributed by atoms with van der Waals surface area (Å²) in [5.41, 5.74) is 3.57. The Labute approximate surface area is 148 Å². The van der Waals surface area contributed by atoms with Crippen LogP contribution >= 0.6 is 0 Å². The van der Waals surface area contributed by atoms with Crippen LogP contribution in [0.15, 0.2) is 54.6 Å². The molecule has 0 heterocycles. The molecule has 2 bridgehead atoms. The second kappa shape index (κ2) is 6.79. The molecule has 4 nitrogen and oxygen atoms in total. The van der Waals surface area contributed by atoms with Crippen LogP contribution in [0.25, 0.3) is 0 Å². The molecule has 25 heavy (non-hydrogen) atoms. The highest BCUT2D eigenvalue weighted by Gasteiger charge is 2.57. The van der Waals surface area contributed by atoms with Crippen LogP contribution in [-0.2, 0) is 6.54 Å². The van der Waals surface area contributed by atoms with Gasteiger partial charge in [-0.3, -0.25) is 0 Å². The third kappa shape index (κ3) is 2.95. The molecule has 132 valence electrons. The summed E-state index contributed by atoms with van der Waals surface area (Å²) < 4.78 is 0. The van der Waals surface area contributed by atoms with E-state index < -0.39 is 12.2 Å². The summed E-state index contributed by atoms with van der Waals surface area (Å²) in [7, 11) is 1.92. The average Bonchev–Trinajstić information content (AvgIpc) is 3.17. The second-order valence-electron chi connectivity index (χ2n) is 7.34. The van der Waals surface area contributed by atoms with Crippen molar-refractivity contribution in [2.24, 2.45) is 11.8 Å². The molecule has 2 aromatic carbocycles. The summed E-state index contributed by atoms with van der Waals surface area (Å²) in [5.74, 6) is 0.485. The molecule has 6 atom stereocenters. The molecule has 0 aliphatic heterocycles. The molecule has 0 unspecified atom stereocenters. The molecule has 2 saturated carbocycles. The van der Waals surface area contributed by atoms with Crippen molar-refractivity contribution in [2.75, 3.05) is 12.4 Å². The summed E-state index contributed by atoms with van der Waals surface area (Å²) in [6, 6.07) is 19.0. The van der Waals surface area contributed by atoms with Gasteiger partial charge in [0.25, 0.3) is 0 Å². The Bertz CT molecular complexity index is 721. The van der Waals surface area contributed by atoms with Crippen LogP contribution in [0.2, 0.25) is 0 Å². The second-order valence-corrected chi connectivity index (χ2v) is 7.34. The number of hydrogen-bond donors (Lipinski definition) is 4. The predicted octanol–water partition coefficient (Wildman–Crippen LogP) is 2.34. The van der Waals surface area contributed by atoms with Gasteiger partial charge in [0.2, 0.25) is 0 Å². The van der Waals surface area contributed by atoms with Crippen LogP contribution in [0.1, 0.15) is 23.5 Å². The molecular weight excluding hydrogens is 312 g/mol. The molecule has 2 aliphatic carbocycles. The number of nitrogens with one attached hydrogen (secondary N) is 2. The Hall–Kier alpha value is -1.88. The van der Waals surface area contributed by atoms with Gasteiger partial charge in [0.05, 0.1) is 12.2 Å². The largest absolute Gasteiger partial charge is 0.390 e. The Morgan fingerprint density at radius 3 is 2.48 bits per heavy atom. The minimum absolute atomic E-state index is 0.109. The third-order valence-electron chi connectivity index (χ3n) is 6.02. The van der Waals surface area contributed by atoms with Crippen molar-refractivity contribution in [2.45, 2.75) is 37.1 Å². The van der Waals surface area contributed by atoms with Gasteiger partial charge in [-0.15, -0.1) is 0 Å². The minimum atomic E-state index is -0.619. The molecule has 0 spiro atoms. The first kappa shape index (κ1) is 16.6. The Kier molecular flexibility index (Phi) is 4.50. The van der Waals surface area contributed by atoms with Crippen LogP contribution in [-0.4, -0.2) is 35.5 Å². The van der Waals surface area contributed by atoms with Crippen molar-refractivity contribution in [3.63, 3.8) is 0 Å². The van der Waals surface area contributed by atoms with Crippen molar-refractivity contribution < 1.29 is 10.2 Å². The van der Waals surface area contributed by atoms with Gasteiger partial charge in [0.1, 0.15) is 0 Å².